The molecule has 0 saturated heterocycles. The number of allylic oxidation sites excluding steroid dienone is 3. The average molecular weight is 207 g/mol. The summed E-state index contributed by atoms with van der Waals surface area (Å²) in [5.41, 5.74) is 1.20. The Hall–Kier alpha value is -0.520. The molecular weight excluding hydrogens is 180 g/mol. The Labute approximate surface area is 96.5 Å². The molecule has 0 nitrogen and oxygen atoms in total. The van der Waals surface area contributed by atoms with Crippen molar-refractivity contribution in [3.63, 3.8) is 0 Å². The van der Waals surface area contributed by atoms with Gasteiger partial charge in [0.25, 0.3) is 0 Å². The second-order valence-corrected chi connectivity index (χ2v) is 5.12. The molecule has 0 spiro atoms. The Morgan fingerprint density at radius 3 is 2.33 bits per heavy atom. The molecular formula is C15H27. The predicted molar refractivity (Wildman–Crippen MR) is 69.7 cm³/mol. The van der Waals surface area contributed by atoms with Gasteiger partial charge in [0, 0.05) is 0 Å². The zero-order valence-electron chi connectivity index (χ0n) is 10.9. The molecule has 0 bridgehead atoms. The first-order valence-corrected chi connectivity index (χ1v) is 6.28. The van der Waals surface area contributed by atoms with Gasteiger partial charge in [0.15, 0.2) is 0 Å². The van der Waals surface area contributed by atoms with Crippen molar-refractivity contribution in [2.75, 3.05) is 0 Å². The predicted octanol–water partition coefficient (Wildman–Crippen LogP) is 5.16. The smallest absolute Gasteiger partial charge is 0.0342 e. The van der Waals surface area contributed by atoms with Crippen molar-refractivity contribution < 1.29 is 0 Å². The molecule has 0 aliphatic rings. The van der Waals surface area contributed by atoms with Crippen LogP contribution in [0.1, 0.15) is 59.8 Å². The third-order valence-corrected chi connectivity index (χ3v) is 2.87. The van der Waals surface area contributed by atoms with Crippen molar-refractivity contribution in [3.05, 3.63) is 24.3 Å². The lowest BCUT2D eigenvalue weighted by molar-refractivity contribution is 0.439. The minimum atomic E-state index is 0.852. The lowest BCUT2D eigenvalue weighted by Crippen LogP contribution is -1.96. The highest BCUT2D eigenvalue weighted by Gasteiger charge is 2.01. The average Bonchev–Trinajstić information content (AvgIpc) is 2.17. The van der Waals surface area contributed by atoms with Gasteiger partial charge < -0.3 is 0 Å². The van der Waals surface area contributed by atoms with Crippen LogP contribution in [0.25, 0.3) is 0 Å². The Bertz CT molecular complexity index is 186. The molecule has 0 N–H and O–H groups in total. The van der Waals surface area contributed by atoms with Crippen LogP contribution in [0, 0.1) is 18.4 Å². The summed E-state index contributed by atoms with van der Waals surface area (Å²) in [6.45, 7) is 14.4. The fourth-order valence-electron chi connectivity index (χ4n) is 1.68. The van der Waals surface area contributed by atoms with Crippen molar-refractivity contribution in [3.8, 4) is 0 Å². The van der Waals surface area contributed by atoms with Gasteiger partial charge in [0.1, 0.15) is 0 Å². The van der Waals surface area contributed by atoms with Crippen LogP contribution in [-0.4, -0.2) is 0 Å². The molecule has 0 fully saturated rings. The highest BCUT2D eigenvalue weighted by atomic mass is 14.1. The number of hydrogen-bond donors (Lipinski definition) is 0. The van der Waals surface area contributed by atoms with E-state index in [2.05, 4.69) is 33.8 Å². The lowest BCUT2D eigenvalue weighted by Gasteiger charge is -2.10. The maximum absolute atomic E-state index is 5.41. The lowest BCUT2D eigenvalue weighted by atomic mass is 9.96. The fourth-order valence-corrected chi connectivity index (χ4v) is 1.68. The van der Waals surface area contributed by atoms with Gasteiger partial charge in [0.2, 0.25) is 0 Å². The minimum absolute atomic E-state index is 0.852. The topological polar surface area (TPSA) is 0 Å². The van der Waals surface area contributed by atoms with E-state index in [0.29, 0.717) is 0 Å². The first-order chi connectivity index (χ1) is 7.06. The largest absolute Gasteiger partial charge is 0.0816 e. The SMILES string of the molecule is [CH]=C/C(C)=C/CCC(C)CCCC(C)C. The van der Waals surface area contributed by atoms with E-state index in [1.54, 1.807) is 6.08 Å². The molecule has 0 aliphatic heterocycles. The van der Waals surface area contributed by atoms with Crippen LogP contribution in [0.15, 0.2) is 17.7 Å². The summed E-state index contributed by atoms with van der Waals surface area (Å²) >= 11 is 0. The van der Waals surface area contributed by atoms with E-state index in [4.69, 9.17) is 6.58 Å². The molecule has 1 radical (unpaired) electrons. The normalized spacial score (nSPS) is 14.3. The number of hydrogen-bond acceptors (Lipinski definition) is 0. The summed E-state index contributed by atoms with van der Waals surface area (Å²) in [5, 5.41) is 0. The zero-order valence-corrected chi connectivity index (χ0v) is 10.9. The van der Waals surface area contributed by atoms with E-state index in [9.17, 15) is 0 Å². The Kier molecular flexibility index (Phi) is 8.46. The molecule has 0 saturated carbocycles. The van der Waals surface area contributed by atoms with Crippen molar-refractivity contribution in [1.82, 2.24) is 0 Å². The molecule has 0 amide bonds. The van der Waals surface area contributed by atoms with Crippen LogP contribution < -0.4 is 0 Å². The quantitative estimate of drug-likeness (QED) is 0.482. The summed E-state index contributed by atoms with van der Waals surface area (Å²) in [6.07, 6.45) is 10.5. The Morgan fingerprint density at radius 2 is 1.80 bits per heavy atom. The molecule has 0 aromatic carbocycles. The summed E-state index contributed by atoms with van der Waals surface area (Å²) in [4.78, 5) is 0. The maximum atomic E-state index is 5.41. The third kappa shape index (κ3) is 9.78. The van der Waals surface area contributed by atoms with Crippen LogP contribution in [0.3, 0.4) is 0 Å². The first kappa shape index (κ1) is 14.5. The van der Waals surface area contributed by atoms with E-state index in [-0.39, 0.29) is 0 Å². The van der Waals surface area contributed by atoms with Crippen LogP contribution in [0.5, 0.6) is 0 Å². The van der Waals surface area contributed by atoms with Crippen LogP contribution in [-0.2, 0) is 0 Å². The van der Waals surface area contributed by atoms with Gasteiger partial charge in [-0.2, -0.15) is 0 Å². The van der Waals surface area contributed by atoms with Crippen molar-refractivity contribution >= 4 is 0 Å². The van der Waals surface area contributed by atoms with Crippen LogP contribution in [0.4, 0.5) is 0 Å². The standard InChI is InChI=1S/C15H27/c1-6-14(4)10-8-12-15(5)11-7-9-13(2)3/h1,6,10,13,15H,7-9,11-12H2,2-5H3/b6-1?,14-10+. The second-order valence-electron chi connectivity index (χ2n) is 5.12. The summed E-state index contributed by atoms with van der Waals surface area (Å²) in [7, 11) is 0. The Morgan fingerprint density at radius 1 is 1.13 bits per heavy atom. The van der Waals surface area contributed by atoms with Crippen molar-refractivity contribution in [2.45, 2.75) is 59.8 Å². The molecule has 87 valence electrons. The van der Waals surface area contributed by atoms with Gasteiger partial charge >= 0.3 is 0 Å². The minimum Gasteiger partial charge on any atom is -0.0816 e. The van der Waals surface area contributed by atoms with E-state index < -0.39 is 0 Å². The molecule has 0 rings (SSSR count). The van der Waals surface area contributed by atoms with Crippen molar-refractivity contribution in [2.24, 2.45) is 11.8 Å². The van der Waals surface area contributed by atoms with E-state index in [1.807, 2.05) is 0 Å². The number of rotatable bonds is 8. The highest BCUT2D eigenvalue weighted by Crippen LogP contribution is 2.17. The van der Waals surface area contributed by atoms with E-state index in [1.165, 1.54) is 37.7 Å². The van der Waals surface area contributed by atoms with Gasteiger partial charge in [-0.1, -0.05) is 64.3 Å². The van der Waals surface area contributed by atoms with E-state index >= 15 is 0 Å². The fraction of sp³-hybridized carbons (Fsp3) is 0.733. The maximum Gasteiger partial charge on any atom is -0.0342 e. The second kappa shape index (κ2) is 8.76. The zero-order chi connectivity index (χ0) is 11.7. The summed E-state index contributed by atoms with van der Waals surface area (Å²) in [5.74, 6) is 1.71. The first-order valence-electron chi connectivity index (χ1n) is 6.28. The summed E-state index contributed by atoms with van der Waals surface area (Å²) < 4.78 is 0. The van der Waals surface area contributed by atoms with Gasteiger partial charge in [-0.05, 0) is 31.6 Å². The third-order valence-electron chi connectivity index (χ3n) is 2.87. The van der Waals surface area contributed by atoms with Crippen LogP contribution >= 0.6 is 0 Å². The molecule has 0 aliphatic carbocycles. The van der Waals surface area contributed by atoms with Crippen molar-refractivity contribution in [1.29, 1.82) is 0 Å². The monoisotopic (exact) mass is 207 g/mol. The molecule has 15 heavy (non-hydrogen) atoms. The van der Waals surface area contributed by atoms with Gasteiger partial charge in [-0.3, -0.25) is 0 Å². The van der Waals surface area contributed by atoms with Gasteiger partial charge in [0.05, 0.1) is 0 Å². The molecule has 1 unspecified atom stereocenters. The van der Waals surface area contributed by atoms with Gasteiger partial charge in [-0.25, -0.2) is 0 Å². The van der Waals surface area contributed by atoms with Crippen LogP contribution in [0.2, 0.25) is 0 Å². The molecule has 0 heterocycles. The Balaban J connectivity index is 3.49. The van der Waals surface area contributed by atoms with Gasteiger partial charge in [-0.15, -0.1) is 0 Å². The molecule has 1 atom stereocenters. The molecule has 0 heteroatoms. The molecule has 0 aromatic heterocycles. The molecule has 0 aromatic rings. The highest BCUT2D eigenvalue weighted by molar-refractivity contribution is 5.11. The van der Waals surface area contributed by atoms with E-state index in [0.717, 1.165) is 11.8 Å². The summed E-state index contributed by atoms with van der Waals surface area (Å²) in [6, 6.07) is 0.